The lowest BCUT2D eigenvalue weighted by Gasteiger charge is -2.22. The van der Waals surface area contributed by atoms with Gasteiger partial charge in [-0.2, -0.15) is 0 Å². The summed E-state index contributed by atoms with van der Waals surface area (Å²) < 4.78 is 5.14. The molecule has 1 aromatic carbocycles. The van der Waals surface area contributed by atoms with Crippen LogP contribution >= 0.6 is 0 Å². The molecule has 3 N–H and O–H groups in total. The Labute approximate surface area is 145 Å². The number of nitrogens with one attached hydrogen (secondary N) is 2. The van der Waals surface area contributed by atoms with E-state index >= 15 is 0 Å². The normalized spacial score (nSPS) is 14.4. The highest BCUT2D eigenvalue weighted by Crippen LogP contribution is 2.23. The highest BCUT2D eigenvalue weighted by atomic mass is 16.6. The summed E-state index contributed by atoms with van der Waals surface area (Å²) in [6.07, 6.45) is 1.44. The van der Waals surface area contributed by atoms with Crippen LogP contribution in [0.4, 0.5) is 10.5 Å². The van der Waals surface area contributed by atoms with E-state index < -0.39 is 22.6 Å². The van der Waals surface area contributed by atoms with Gasteiger partial charge in [0.2, 0.25) is 0 Å². The number of furan rings is 1. The Hall–Kier alpha value is -2.87. The molecule has 8 nitrogen and oxygen atoms in total. The van der Waals surface area contributed by atoms with Gasteiger partial charge < -0.3 is 20.2 Å². The van der Waals surface area contributed by atoms with E-state index in [-0.39, 0.29) is 12.2 Å². The molecule has 134 valence electrons. The van der Waals surface area contributed by atoms with Crippen LogP contribution in [0.5, 0.6) is 0 Å². The zero-order chi connectivity index (χ0) is 18.6. The Morgan fingerprint density at radius 1 is 1.44 bits per heavy atom. The van der Waals surface area contributed by atoms with Crippen LogP contribution in [0.3, 0.4) is 0 Å². The Balaban J connectivity index is 1.96. The molecule has 0 aliphatic carbocycles. The van der Waals surface area contributed by atoms with Gasteiger partial charge in [0.25, 0.3) is 5.69 Å². The molecule has 2 rings (SSSR count). The molecule has 2 amide bonds. The number of nitro benzene ring substituents is 1. The van der Waals surface area contributed by atoms with Crippen LogP contribution in [0, 0.1) is 17.0 Å². The number of amides is 2. The highest BCUT2D eigenvalue weighted by molar-refractivity contribution is 5.74. The average molecular weight is 347 g/mol. The molecule has 0 radical (unpaired) electrons. The number of nitrogens with zero attached hydrogens (tertiary/aromatic N) is 1. The van der Waals surface area contributed by atoms with Gasteiger partial charge in [0.05, 0.1) is 23.8 Å². The second-order valence-electron chi connectivity index (χ2n) is 6.10. The van der Waals surface area contributed by atoms with Gasteiger partial charge >= 0.3 is 6.03 Å². The summed E-state index contributed by atoms with van der Waals surface area (Å²) >= 11 is 0. The first kappa shape index (κ1) is 18.5. The maximum atomic E-state index is 12.0. The third-order valence-electron chi connectivity index (χ3n) is 3.92. The van der Waals surface area contributed by atoms with Crippen LogP contribution in [0.15, 0.2) is 41.0 Å². The number of nitro groups is 1. The van der Waals surface area contributed by atoms with Gasteiger partial charge in [-0.1, -0.05) is 12.1 Å². The summed E-state index contributed by atoms with van der Waals surface area (Å²) in [4.78, 5) is 22.6. The van der Waals surface area contributed by atoms with E-state index in [1.165, 1.54) is 19.3 Å². The van der Waals surface area contributed by atoms with E-state index in [1.807, 2.05) is 0 Å². The molecule has 0 aliphatic rings. The quantitative estimate of drug-likeness (QED) is 0.548. The standard InChI is InChI=1S/C17H21N3O5/c1-11-6-7-13(9-14(11)20(23)24)12(2)19-16(21)18-10-17(3,22)15-5-4-8-25-15/h4-9,12,22H,10H2,1-3H3,(H2,18,19,21)/t12-,17+/m0/s1. The first-order valence-electron chi connectivity index (χ1n) is 7.76. The molecular formula is C17H21N3O5. The molecule has 2 aromatic rings. The molecule has 0 bridgehead atoms. The number of hydrogen-bond donors (Lipinski definition) is 3. The van der Waals surface area contributed by atoms with Crippen LogP contribution in [0.2, 0.25) is 0 Å². The van der Waals surface area contributed by atoms with Crippen molar-refractivity contribution in [3.8, 4) is 0 Å². The van der Waals surface area contributed by atoms with Gasteiger partial charge in [-0.25, -0.2) is 4.79 Å². The molecule has 0 spiro atoms. The minimum Gasteiger partial charge on any atom is -0.466 e. The Morgan fingerprint density at radius 3 is 2.76 bits per heavy atom. The summed E-state index contributed by atoms with van der Waals surface area (Å²) in [5.74, 6) is 0.343. The van der Waals surface area contributed by atoms with Crippen LogP contribution in [-0.2, 0) is 5.60 Å². The number of benzene rings is 1. The third-order valence-corrected chi connectivity index (χ3v) is 3.92. The number of aliphatic hydroxyl groups is 1. The maximum Gasteiger partial charge on any atom is 0.315 e. The molecule has 0 saturated carbocycles. The highest BCUT2D eigenvalue weighted by Gasteiger charge is 2.27. The van der Waals surface area contributed by atoms with Crippen molar-refractivity contribution in [3.05, 3.63) is 63.6 Å². The lowest BCUT2D eigenvalue weighted by Crippen LogP contribution is -2.44. The van der Waals surface area contributed by atoms with E-state index in [2.05, 4.69) is 10.6 Å². The molecular weight excluding hydrogens is 326 g/mol. The molecule has 2 atom stereocenters. The zero-order valence-electron chi connectivity index (χ0n) is 14.3. The number of hydrogen-bond acceptors (Lipinski definition) is 5. The number of aryl methyl sites for hydroxylation is 1. The molecule has 0 aliphatic heterocycles. The minimum atomic E-state index is -1.34. The monoisotopic (exact) mass is 347 g/mol. The van der Waals surface area contributed by atoms with Gasteiger partial charge in [0, 0.05) is 11.6 Å². The molecule has 8 heteroatoms. The lowest BCUT2D eigenvalue weighted by atomic mass is 10.0. The Bertz CT molecular complexity index is 756. The van der Waals surface area contributed by atoms with Crippen LogP contribution in [0.1, 0.15) is 36.8 Å². The van der Waals surface area contributed by atoms with Crippen molar-refractivity contribution in [2.75, 3.05) is 6.54 Å². The summed E-state index contributed by atoms with van der Waals surface area (Å²) in [5, 5.41) is 26.6. The van der Waals surface area contributed by atoms with Crippen LogP contribution < -0.4 is 10.6 Å². The Kier molecular flexibility index (Phi) is 5.43. The number of carbonyl (C=O) groups is 1. The number of rotatable bonds is 6. The van der Waals surface area contributed by atoms with Crippen LogP contribution in [0.25, 0.3) is 0 Å². The van der Waals surface area contributed by atoms with Crippen molar-refractivity contribution in [2.45, 2.75) is 32.4 Å². The van der Waals surface area contributed by atoms with E-state index in [1.54, 1.807) is 38.1 Å². The van der Waals surface area contributed by atoms with Crippen molar-refractivity contribution in [1.82, 2.24) is 10.6 Å². The molecule has 0 unspecified atom stereocenters. The average Bonchev–Trinajstić information content (AvgIpc) is 3.08. The van der Waals surface area contributed by atoms with Crippen molar-refractivity contribution < 1.29 is 19.2 Å². The summed E-state index contributed by atoms with van der Waals surface area (Å²) in [6.45, 7) is 4.86. The molecule has 1 heterocycles. The Morgan fingerprint density at radius 2 is 2.16 bits per heavy atom. The van der Waals surface area contributed by atoms with Gasteiger partial charge in [-0.05, 0) is 38.5 Å². The predicted molar refractivity (Wildman–Crippen MR) is 91.1 cm³/mol. The number of carbonyl (C=O) groups excluding carboxylic acids is 1. The van der Waals surface area contributed by atoms with E-state index in [4.69, 9.17) is 4.42 Å². The van der Waals surface area contributed by atoms with E-state index in [9.17, 15) is 20.0 Å². The van der Waals surface area contributed by atoms with E-state index in [0.29, 0.717) is 16.9 Å². The largest absolute Gasteiger partial charge is 0.466 e. The van der Waals surface area contributed by atoms with Crippen molar-refractivity contribution in [1.29, 1.82) is 0 Å². The predicted octanol–water partition coefficient (Wildman–Crippen LogP) is 2.76. The van der Waals surface area contributed by atoms with Crippen molar-refractivity contribution in [2.24, 2.45) is 0 Å². The fourth-order valence-electron chi connectivity index (χ4n) is 2.35. The van der Waals surface area contributed by atoms with Gasteiger partial charge in [0.1, 0.15) is 11.4 Å². The fraction of sp³-hybridized carbons (Fsp3) is 0.353. The second kappa shape index (κ2) is 7.35. The first-order valence-corrected chi connectivity index (χ1v) is 7.76. The topological polar surface area (TPSA) is 118 Å². The lowest BCUT2D eigenvalue weighted by molar-refractivity contribution is -0.385. The molecule has 0 saturated heterocycles. The van der Waals surface area contributed by atoms with Gasteiger partial charge in [-0.3, -0.25) is 10.1 Å². The smallest absolute Gasteiger partial charge is 0.315 e. The van der Waals surface area contributed by atoms with Crippen LogP contribution in [-0.4, -0.2) is 22.6 Å². The van der Waals surface area contributed by atoms with E-state index in [0.717, 1.165) is 0 Å². The minimum absolute atomic E-state index is 0.00677. The SMILES string of the molecule is Cc1ccc([C@H](C)NC(=O)NC[C@@](C)(O)c2ccco2)cc1[N+](=O)[O-]. The molecule has 0 fully saturated rings. The molecule has 1 aromatic heterocycles. The summed E-state index contributed by atoms with van der Waals surface area (Å²) in [5.41, 5.74) is -0.162. The maximum absolute atomic E-state index is 12.0. The van der Waals surface area contributed by atoms with Gasteiger partial charge in [-0.15, -0.1) is 0 Å². The van der Waals surface area contributed by atoms with Crippen molar-refractivity contribution in [3.63, 3.8) is 0 Å². The molecule has 25 heavy (non-hydrogen) atoms. The second-order valence-corrected chi connectivity index (χ2v) is 6.10. The third kappa shape index (κ3) is 4.57. The first-order chi connectivity index (χ1) is 11.7. The zero-order valence-corrected chi connectivity index (χ0v) is 14.3. The summed E-state index contributed by atoms with van der Waals surface area (Å²) in [6, 6.07) is 7.15. The number of urea groups is 1. The fourth-order valence-corrected chi connectivity index (χ4v) is 2.35. The van der Waals surface area contributed by atoms with Crippen molar-refractivity contribution >= 4 is 11.7 Å². The van der Waals surface area contributed by atoms with Gasteiger partial charge in [0.15, 0.2) is 0 Å². The summed E-state index contributed by atoms with van der Waals surface area (Å²) in [7, 11) is 0.